The molecule has 0 aliphatic heterocycles. The second kappa shape index (κ2) is 9.20. The van der Waals surface area contributed by atoms with Crippen LogP contribution in [0.5, 0.6) is 0 Å². The van der Waals surface area contributed by atoms with Crippen molar-refractivity contribution < 1.29 is 22.7 Å². The zero-order valence-corrected chi connectivity index (χ0v) is 16.9. The number of benzene rings is 2. The molecule has 2 aromatic rings. The Hall–Kier alpha value is -2.39. The van der Waals surface area contributed by atoms with Crippen molar-refractivity contribution in [3.63, 3.8) is 0 Å². The van der Waals surface area contributed by atoms with Crippen LogP contribution in [-0.4, -0.2) is 26.9 Å². The van der Waals surface area contributed by atoms with Gasteiger partial charge in [0.05, 0.1) is 4.90 Å². The minimum atomic E-state index is -3.93. The highest BCUT2D eigenvalue weighted by Gasteiger charge is 2.13. The molecule has 0 saturated heterocycles. The normalized spacial score (nSPS) is 11.4. The molecule has 2 aromatic carbocycles. The number of primary sulfonamides is 1. The molecule has 0 atom stereocenters. The van der Waals surface area contributed by atoms with Crippen molar-refractivity contribution in [2.75, 3.05) is 11.9 Å². The van der Waals surface area contributed by atoms with Gasteiger partial charge >= 0.3 is 5.97 Å². The molecule has 28 heavy (non-hydrogen) atoms. The molecule has 0 bridgehead atoms. The largest absolute Gasteiger partial charge is 0.452 e. The fourth-order valence-electron chi connectivity index (χ4n) is 2.19. The van der Waals surface area contributed by atoms with Crippen molar-refractivity contribution in [1.82, 2.24) is 0 Å². The smallest absolute Gasteiger partial charge is 0.331 e. The van der Waals surface area contributed by atoms with Crippen molar-refractivity contribution >= 4 is 56.9 Å². The first-order chi connectivity index (χ1) is 13.1. The number of aryl methyl sites for hydroxylation is 1. The molecule has 0 fully saturated rings. The summed E-state index contributed by atoms with van der Waals surface area (Å²) in [5, 5.41) is 8.27. The molecule has 0 unspecified atom stereocenters. The molecule has 0 radical (unpaired) electrons. The number of halogens is 2. The SMILES string of the molecule is Cc1ccc(NC(=O)COC(=O)/C=C/c2c(Cl)cccc2Cl)cc1S(N)(=O)=O. The summed E-state index contributed by atoms with van der Waals surface area (Å²) in [7, 11) is -3.93. The Morgan fingerprint density at radius 3 is 2.43 bits per heavy atom. The van der Waals surface area contributed by atoms with Crippen LogP contribution in [0, 0.1) is 6.92 Å². The van der Waals surface area contributed by atoms with E-state index in [4.69, 9.17) is 33.1 Å². The number of hydrogen-bond acceptors (Lipinski definition) is 5. The van der Waals surface area contributed by atoms with E-state index in [9.17, 15) is 18.0 Å². The summed E-state index contributed by atoms with van der Waals surface area (Å²) in [5.41, 5.74) is 1.09. The molecule has 0 aliphatic carbocycles. The van der Waals surface area contributed by atoms with Gasteiger partial charge in [0, 0.05) is 27.4 Å². The van der Waals surface area contributed by atoms with Crippen LogP contribution in [0.3, 0.4) is 0 Å². The molecule has 1 amide bonds. The predicted molar refractivity (Wildman–Crippen MR) is 108 cm³/mol. The Morgan fingerprint density at radius 2 is 1.82 bits per heavy atom. The molecule has 0 spiro atoms. The predicted octanol–water partition coefficient (Wildman–Crippen LogP) is 3.14. The summed E-state index contributed by atoms with van der Waals surface area (Å²) in [6, 6.07) is 9.12. The maximum atomic E-state index is 11.9. The number of carbonyl (C=O) groups is 2. The first kappa shape index (κ1) is 21.9. The van der Waals surface area contributed by atoms with Crippen molar-refractivity contribution in [2.45, 2.75) is 11.8 Å². The van der Waals surface area contributed by atoms with Gasteiger partial charge in [-0.1, -0.05) is 35.3 Å². The quantitative estimate of drug-likeness (QED) is 0.526. The molecule has 0 aromatic heterocycles. The Balaban J connectivity index is 1.96. The Morgan fingerprint density at radius 1 is 1.18 bits per heavy atom. The molecular formula is C18H16Cl2N2O5S. The van der Waals surface area contributed by atoms with Gasteiger partial charge in [0.1, 0.15) is 0 Å². The molecule has 0 heterocycles. The number of rotatable bonds is 6. The van der Waals surface area contributed by atoms with Gasteiger partial charge < -0.3 is 10.1 Å². The first-order valence-electron chi connectivity index (χ1n) is 7.80. The first-order valence-corrected chi connectivity index (χ1v) is 10.1. The summed E-state index contributed by atoms with van der Waals surface area (Å²) in [6.45, 7) is 1.00. The van der Waals surface area contributed by atoms with Crippen LogP contribution in [0.4, 0.5) is 5.69 Å². The van der Waals surface area contributed by atoms with Gasteiger partial charge in [0.25, 0.3) is 5.91 Å². The van der Waals surface area contributed by atoms with Gasteiger partial charge in [-0.05, 0) is 42.8 Å². The zero-order chi connectivity index (χ0) is 20.9. The van der Waals surface area contributed by atoms with Gasteiger partial charge in [-0.3, -0.25) is 4.79 Å². The average molecular weight is 443 g/mol. The van der Waals surface area contributed by atoms with E-state index in [1.807, 2.05) is 0 Å². The maximum absolute atomic E-state index is 11.9. The lowest BCUT2D eigenvalue weighted by atomic mass is 10.2. The summed E-state index contributed by atoms with van der Waals surface area (Å²) in [5.74, 6) is -1.43. The molecule has 10 heteroatoms. The van der Waals surface area contributed by atoms with Crippen LogP contribution >= 0.6 is 23.2 Å². The lowest BCUT2D eigenvalue weighted by Gasteiger charge is -2.09. The van der Waals surface area contributed by atoms with E-state index in [1.165, 1.54) is 24.3 Å². The van der Waals surface area contributed by atoms with Crippen LogP contribution in [0.2, 0.25) is 10.0 Å². The molecule has 0 saturated carbocycles. The number of ether oxygens (including phenoxy) is 1. The van der Waals surface area contributed by atoms with E-state index in [0.29, 0.717) is 21.2 Å². The number of hydrogen-bond donors (Lipinski definition) is 2. The summed E-state index contributed by atoms with van der Waals surface area (Å²) >= 11 is 12.0. The van der Waals surface area contributed by atoms with Crippen LogP contribution < -0.4 is 10.5 Å². The Kier molecular flexibility index (Phi) is 7.20. The second-order valence-corrected chi connectivity index (χ2v) is 7.99. The number of nitrogens with two attached hydrogens (primary N) is 1. The van der Waals surface area contributed by atoms with Crippen LogP contribution in [-0.2, 0) is 24.3 Å². The number of sulfonamides is 1. The number of carbonyl (C=O) groups excluding carboxylic acids is 2. The molecule has 2 rings (SSSR count). The number of esters is 1. The third-order valence-electron chi connectivity index (χ3n) is 3.51. The molecule has 3 N–H and O–H groups in total. The highest BCUT2D eigenvalue weighted by molar-refractivity contribution is 7.89. The van der Waals surface area contributed by atoms with E-state index < -0.39 is 28.5 Å². The second-order valence-electron chi connectivity index (χ2n) is 5.65. The highest BCUT2D eigenvalue weighted by atomic mass is 35.5. The third kappa shape index (κ3) is 6.07. The van der Waals surface area contributed by atoms with Gasteiger partial charge in [-0.15, -0.1) is 0 Å². The lowest BCUT2D eigenvalue weighted by molar-refractivity contribution is -0.142. The maximum Gasteiger partial charge on any atom is 0.331 e. The topological polar surface area (TPSA) is 116 Å². The number of anilines is 1. The Labute approximate surface area is 172 Å². The van der Waals surface area contributed by atoms with E-state index in [1.54, 1.807) is 25.1 Å². The van der Waals surface area contributed by atoms with E-state index >= 15 is 0 Å². The number of amides is 1. The summed E-state index contributed by atoms with van der Waals surface area (Å²) in [4.78, 5) is 23.6. The van der Waals surface area contributed by atoms with Crippen LogP contribution in [0.25, 0.3) is 6.08 Å². The lowest BCUT2D eigenvalue weighted by Crippen LogP contribution is -2.21. The molecule has 0 aliphatic rings. The average Bonchev–Trinajstić information content (AvgIpc) is 2.60. The van der Waals surface area contributed by atoms with Gasteiger partial charge in [0.2, 0.25) is 10.0 Å². The van der Waals surface area contributed by atoms with Crippen molar-refractivity contribution in [3.05, 3.63) is 63.6 Å². The fourth-order valence-corrected chi connectivity index (χ4v) is 3.52. The van der Waals surface area contributed by atoms with Crippen LogP contribution in [0.1, 0.15) is 11.1 Å². The van der Waals surface area contributed by atoms with Crippen molar-refractivity contribution in [3.8, 4) is 0 Å². The standard InChI is InChI=1S/C18H16Cl2N2O5S/c1-11-5-6-12(9-16(11)28(21,25)26)22-17(23)10-27-18(24)8-7-13-14(19)3-2-4-15(13)20/h2-9H,10H2,1H3,(H,22,23)(H2,21,25,26)/b8-7+. The third-order valence-corrected chi connectivity index (χ3v) is 5.22. The minimum Gasteiger partial charge on any atom is -0.452 e. The molecule has 148 valence electrons. The summed E-state index contributed by atoms with van der Waals surface area (Å²) in [6.07, 6.45) is 2.47. The van der Waals surface area contributed by atoms with E-state index in [0.717, 1.165) is 6.08 Å². The number of nitrogens with one attached hydrogen (secondary N) is 1. The van der Waals surface area contributed by atoms with Gasteiger partial charge in [-0.25, -0.2) is 18.4 Å². The fraction of sp³-hybridized carbons (Fsp3) is 0.111. The van der Waals surface area contributed by atoms with Gasteiger partial charge in [-0.2, -0.15) is 0 Å². The minimum absolute atomic E-state index is 0.109. The van der Waals surface area contributed by atoms with E-state index in [2.05, 4.69) is 5.32 Å². The van der Waals surface area contributed by atoms with Crippen molar-refractivity contribution in [2.24, 2.45) is 5.14 Å². The van der Waals surface area contributed by atoms with Gasteiger partial charge in [0.15, 0.2) is 6.61 Å². The van der Waals surface area contributed by atoms with E-state index in [-0.39, 0.29) is 10.6 Å². The van der Waals surface area contributed by atoms with Crippen molar-refractivity contribution in [1.29, 1.82) is 0 Å². The molecule has 7 nitrogen and oxygen atoms in total. The monoisotopic (exact) mass is 442 g/mol. The highest BCUT2D eigenvalue weighted by Crippen LogP contribution is 2.25. The Bertz CT molecular complexity index is 1030. The zero-order valence-electron chi connectivity index (χ0n) is 14.6. The summed E-state index contributed by atoms with van der Waals surface area (Å²) < 4.78 is 27.9. The molecular weight excluding hydrogens is 427 g/mol. The van der Waals surface area contributed by atoms with Crippen LogP contribution in [0.15, 0.2) is 47.4 Å².